The molecule has 2 N–H and O–H groups in total. The van der Waals surface area contributed by atoms with Crippen LogP contribution in [0.2, 0.25) is 5.02 Å². The second-order valence-electron chi connectivity index (χ2n) is 3.10. The largest absolute Gasteiger partial charge is 0.326 e. The molecule has 0 atom stereocenters. The van der Waals surface area contributed by atoms with E-state index in [0.29, 0.717) is 11.6 Å². The first-order valence-corrected chi connectivity index (χ1v) is 4.94. The van der Waals surface area contributed by atoms with E-state index in [-0.39, 0.29) is 0 Å². The number of rotatable bonds is 2. The van der Waals surface area contributed by atoms with E-state index in [9.17, 15) is 0 Å². The average Bonchev–Trinajstić information content (AvgIpc) is 2.30. The van der Waals surface area contributed by atoms with Gasteiger partial charge in [0.25, 0.3) is 0 Å². The van der Waals surface area contributed by atoms with E-state index < -0.39 is 0 Å². The van der Waals surface area contributed by atoms with Crippen LogP contribution in [0.3, 0.4) is 0 Å². The Kier molecular flexibility index (Phi) is 2.94. The summed E-state index contributed by atoms with van der Waals surface area (Å²) in [5.41, 5.74) is 8.47. The Morgan fingerprint density at radius 3 is 2.73 bits per heavy atom. The number of nitrogens with zero attached hydrogens (tertiary/aromatic N) is 2. The van der Waals surface area contributed by atoms with Crippen molar-refractivity contribution in [1.29, 1.82) is 0 Å². The van der Waals surface area contributed by atoms with Gasteiger partial charge < -0.3 is 5.73 Å². The fourth-order valence-corrected chi connectivity index (χ4v) is 1.49. The van der Waals surface area contributed by atoms with Crippen LogP contribution in [0, 0.1) is 0 Å². The molecule has 76 valence electrons. The maximum absolute atomic E-state index is 5.77. The summed E-state index contributed by atoms with van der Waals surface area (Å²) in [4.78, 5) is 8.27. The lowest BCUT2D eigenvalue weighted by atomic mass is 10.1. The quantitative estimate of drug-likeness (QED) is 0.843. The topological polar surface area (TPSA) is 51.8 Å². The summed E-state index contributed by atoms with van der Waals surface area (Å²) in [5.74, 6) is 0. The van der Waals surface area contributed by atoms with Gasteiger partial charge in [-0.1, -0.05) is 11.6 Å². The van der Waals surface area contributed by atoms with Gasteiger partial charge in [-0.25, -0.2) is 0 Å². The van der Waals surface area contributed by atoms with Gasteiger partial charge >= 0.3 is 0 Å². The van der Waals surface area contributed by atoms with Crippen LogP contribution < -0.4 is 5.73 Å². The predicted molar refractivity (Wildman–Crippen MR) is 60.4 cm³/mol. The Hall–Kier alpha value is -1.45. The molecule has 0 aliphatic rings. The average molecular weight is 220 g/mol. The third-order valence-corrected chi connectivity index (χ3v) is 2.35. The number of hydrogen-bond donors (Lipinski definition) is 1. The zero-order valence-electron chi connectivity index (χ0n) is 8.02. The number of pyridine rings is 2. The molecule has 0 aliphatic carbocycles. The van der Waals surface area contributed by atoms with Gasteiger partial charge in [0.15, 0.2) is 0 Å². The fraction of sp³-hybridized carbons (Fsp3) is 0.0909. The second kappa shape index (κ2) is 4.38. The molecule has 15 heavy (non-hydrogen) atoms. The van der Waals surface area contributed by atoms with Gasteiger partial charge in [-0.2, -0.15) is 0 Å². The Labute approximate surface area is 92.9 Å². The highest BCUT2D eigenvalue weighted by Crippen LogP contribution is 2.21. The van der Waals surface area contributed by atoms with E-state index >= 15 is 0 Å². The molecule has 0 aromatic carbocycles. The molecular weight excluding hydrogens is 210 g/mol. The lowest BCUT2D eigenvalue weighted by molar-refractivity contribution is 1.05. The molecule has 2 aromatic rings. The van der Waals surface area contributed by atoms with Crippen molar-refractivity contribution < 1.29 is 0 Å². The fourth-order valence-electron chi connectivity index (χ4n) is 1.37. The maximum atomic E-state index is 5.77. The van der Waals surface area contributed by atoms with Crippen LogP contribution in [-0.4, -0.2) is 9.97 Å². The number of hydrogen-bond acceptors (Lipinski definition) is 3. The van der Waals surface area contributed by atoms with Crippen LogP contribution >= 0.6 is 11.6 Å². The molecule has 0 bridgehead atoms. The first-order chi connectivity index (χ1) is 7.31. The van der Waals surface area contributed by atoms with Gasteiger partial charge in [0, 0.05) is 30.7 Å². The first-order valence-electron chi connectivity index (χ1n) is 4.56. The van der Waals surface area contributed by atoms with Gasteiger partial charge in [0.1, 0.15) is 0 Å². The van der Waals surface area contributed by atoms with Crippen molar-refractivity contribution in [2.45, 2.75) is 6.54 Å². The lowest BCUT2D eigenvalue weighted by Crippen LogP contribution is -2.00. The molecule has 0 aliphatic heterocycles. The SMILES string of the molecule is NCc1cnccc1-c1ccc(Cl)cn1. The molecular formula is C11H10ClN3. The number of halogens is 1. The highest BCUT2D eigenvalue weighted by molar-refractivity contribution is 6.30. The summed E-state index contributed by atoms with van der Waals surface area (Å²) in [6, 6.07) is 5.58. The number of aromatic nitrogens is 2. The molecule has 0 radical (unpaired) electrons. The van der Waals surface area contributed by atoms with Crippen LogP contribution in [-0.2, 0) is 6.54 Å². The standard InChI is InChI=1S/C11H10ClN3/c12-9-1-2-11(15-7-9)10-3-4-14-6-8(10)5-13/h1-4,6-7H,5,13H2. The van der Waals surface area contributed by atoms with Gasteiger partial charge in [-0.05, 0) is 23.8 Å². The van der Waals surface area contributed by atoms with E-state index in [0.717, 1.165) is 16.8 Å². The third kappa shape index (κ3) is 2.14. The van der Waals surface area contributed by atoms with Crippen molar-refractivity contribution in [1.82, 2.24) is 9.97 Å². The van der Waals surface area contributed by atoms with Crippen molar-refractivity contribution in [2.75, 3.05) is 0 Å². The van der Waals surface area contributed by atoms with Gasteiger partial charge in [0.2, 0.25) is 0 Å². The molecule has 0 saturated heterocycles. The highest BCUT2D eigenvalue weighted by Gasteiger charge is 2.04. The minimum atomic E-state index is 0.452. The van der Waals surface area contributed by atoms with E-state index in [2.05, 4.69) is 9.97 Å². The van der Waals surface area contributed by atoms with Gasteiger partial charge in [-0.15, -0.1) is 0 Å². The van der Waals surface area contributed by atoms with E-state index in [4.69, 9.17) is 17.3 Å². The zero-order valence-corrected chi connectivity index (χ0v) is 8.78. The van der Waals surface area contributed by atoms with E-state index in [1.54, 1.807) is 18.6 Å². The molecule has 0 unspecified atom stereocenters. The predicted octanol–water partition coefficient (Wildman–Crippen LogP) is 2.26. The van der Waals surface area contributed by atoms with Crippen molar-refractivity contribution in [3.8, 4) is 11.3 Å². The Balaban J connectivity index is 2.49. The molecule has 2 rings (SSSR count). The van der Waals surface area contributed by atoms with Crippen LogP contribution in [0.1, 0.15) is 5.56 Å². The second-order valence-corrected chi connectivity index (χ2v) is 3.54. The molecule has 0 spiro atoms. The molecule has 3 nitrogen and oxygen atoms in total. The van der Waals surface area contributed by atoms with E-state index in [1.807, 2.05) is 18.2 Å². The van der Waals surface area contributed by atoms with Crippen LogP contribution in [0.5, 0.6) is 0 Å². The normalized spacial score (nSPS) is 10.3. The van der Waals surface area contributed by atoms with Gasteiger partial charge in [-0.3, -0.25) is 9.97 Å². The Morgan fingerprint density at radius 2 is 2.07 bits per heavy atom. The van der Waals surface area contributed by atoms with E-state index in [1.165, 1.54) is 0 Å². The number of nitrogens with two attached hydrogens (primary N) is 1. The minimum absolute atomic E-state index is 0.452. The molecule has 2 heterocycles. The summed E-state index contributed by atoms with van der Waals surface area (Å²) in [5, 5.41) is 0.627. The Bertz CT molecular complexity index is 454. The zero-order chi connectivity index (χ0) is 10.7. The summed E-state index contributed by atoms with van der Waals surface area (Å²) < 4.78 is 0. The van der Waals surface area contributed by atoms with Gasteiger partial charge in [0.05, 0.1) is 10.7 Å². The smallest absolute Gasteiger partial charge is 0.0707 e. The minimum Gasteiger partial charge on any atom is -0.326 e. The van der Waals surface area contributed by atoms with Crippen molar-refractivity contribution in [3.63, 3.8) is 0 Å². The summed E-state index contributed by atoms with van der Waals surface area (Å²) in [6.07, 6.45) is 5.11. The maximum Gasteiger partial charge on any atom is 0.0707 e. The molecule has 0 fully saturated rings. The molecule has 2 aromatic heterocycles. The van der Waals surface area contributed by atoms with Crippen molar-refractivity contribution in [2.24, 2.45) is 5.73 Å². The molecule has 0 saturated carbocycles. The summed E-state index contributed by atoms with van der Waals surface area (Å²) >= 11 is 5.77. The van der Waals surface area contributed by atoms with Crippen molar-refractivity contribution in [3.05, 3.63) is 47.4 Å². The summed E-state index contributed by atoms with van der Waals surface area (Å²) in [7, 11) is 0. The Morgan fingerprint density at radius 1 is 1.20 bits per heavy atom. The van der Waals surface area contributed by atoms with Crippen LogP contribution in [0.15, 0.2) is 36.8 Å². The lowest BCUT2D eigenvalue weighted by Gasteiger charge is -2.05. The van der Waals surface area contributed by atoms with Crippen LogP contribution in [0.4, 0.5) is 0 Å². The summed E-state index contributed by atoms with van der Waals surface area (Å²) in [6.45, 7) is 0.452. The first kappa shape index (κ1) is 10.1. The monoisotopic (exact) mass is 219 g/mol. The molecule has 4 heteroatoms. The van der Waals surface area contributed by atoms with Crippen LogP contribution in [0.25, 0.3) is 11.3 Å². The third-order valence-electron chi connectivity index (χ3n) is 2.13. The molecule has 0 amide bonds. The van der Waals surface area contributed by atoms with Crippen molar-refractivity contribution >= 4 is 11.6 Å². The highest BCUT2D eigenvalue weighted by atomic mass is 35.5.